The normalized spacial score (nSPS) is 26.8. The summed E-state index contributed by atoms with van der Waals surface area (Å²) in [7, 11) is 1.94. The van der Waals surface area contributed by atoms with Gasteiger partial charge in [-0.3, -0.25) is 4.79 Å². The summed E-state index contributed by atoms with van der Waals surface area (Å²) in [6.45, 7) is 2.79. The van der Waals surface area contributed by atoms with Gasteiger partial charge in [0.1, 0.15) is 0 Å². The van der Waals surface area contributed by atoms with Crippen molar-refractivity contribution in [2.45, 2.75) is 18.8 Å². The fraction of sp³-hybridized carbons (Fsp3) is 0.533. The zero-order valence-electron chi connectivity index (χ0n) is 10.9. The average molecular weight is 244 g/mol. The molecule has 1 amide bonds. The van der Waals surface area contributed by atoms with Crippen molar-refractivity contribution in [2.75, 3.05) is 26.7 Å². The van der Waals surface area contributed by atoms with Crippen LogP contribution < -0.4 is 5.32 Å². The van der Waals surface area contributed by atoms with Crippen LogP contribution in [0.15, 0.2) is 30.3 Å². The average Bonchev–Trinajstić information content (AvgIpc) is 2.66. The summed E-state index contributed by atoms with van der Waals surface area (Å²) in [5.74, 6) is 0.705. The topological polar surface area (TPSA) is 32.3 Å². The minimum absolute atomic E-state index is 0.151. The predicted molar refractivity (Wildman–Crippen MR) is 71.4 cm³/mol. The molecule has 1 atom stereocenters. The maximum Gasteiger partial charge on any atom is 0.229 e. The number of amides is 1. The first-order valence-corrected chi connectivity index (χ1v) is 6.75. The van der Waals surface area contributed by atoms with Crippen LogP contribution in [0.4, 0.5) is 0 Å². The molecule has 1 aromatic carbocycles. The summed E-state index contributed by atoms with van der Waals surface area (Å²) in [5, 5.41) is 3.37. The van der Waals surface area contributed by atoms with E-state index in [1.54, 1.807) is 0 Å². The molecule has 1 aromatic rings. The lowest BCUT2D eigenvalue weighted by Crippen LogP contribution is -2.44. The third-order valence-electron chi connectivity index (χ3n) is 4.59. The van der Waals surface area contributed by atoms with Gasteiger partial charge in [-0.25, -0.2) is 0 Å². The second kappa shape index (κ2) is 4.39. The van der Waals surface area contributed by atoms with E-state index in [2.05, 4.69) is 29.6 Å². The highest BCUT2D eigenvalue weighted by Gasteiger charge is 2.53. The van der Waals surface area contributed by atoms with Crippen LogP contribution in [0.3, 0.4) is 0 Å². The van der Waals surface area contributed by atoms with Gasteiger partial charge in [-0.1, -0.05) is 30.3 Å². The Kier molecular flexibility index (Phi) is 2.86. The minimum atomic E-state index is -0.151. The van der Waals surface area contributed by atoms with Gasteiger partial charge in [0.2, 0.25) is 5.91 Å². The summed E-state index contributed by atoms with van der Waals surface area (Å²) < 4.78 is 0. The highest BCUT2D eigenvalue weighted by atomic mass is 16.2. The SMILES string of the molecule is CN1C[C@@H](c2ccccc2)C2(CCNCC2)C1=O. The second-order valence-electron chi connectivity index (χ2n) is 5.56. The summed E-state index contributed by atoms with van der Waals surface area (Å²) >= 11 is 0. The van der Waals surface area contributed by atoms with Crippen molar-refractivity contribution >= 4 is 5.91 Å². The number of benzene rings is 1. The largest absolute Gasteiger partial charge is 0.345 e. The van der Waals surface area contributed by atoms with Gasteiger partial charge in [0.25, 0.3) is 0 Å². The molecule has 0 aromatic heterocycles. The van der Waals surface area contributed by atoms with Crippen molar-refractivity contribution in [1.82, 2.24) is 10.2 Å². The molecular weight excluding hydrogens is 224 g/mol. The van der Waals surface area contributed by atoms with Crippen LogP contribution in [0.1, 0.15) is 24.3 Å². The third kappa shape index (κ3) is 1.65. The first kappa shape index (κ1) is 11.7. The van der Waals surface area contributed by atoms with E-state index in [4.69, 9.17) is 0 Å². The van der Waals surface area contributed by atoms with E-state index in [0.29, 0.717) is 11.8 Å². The molecule has 0 saturated carbocycles. The van der Waals surface area contributed by atoms with Gasteiger partial charge in [-0.15, -0.1) is 0 Å². The molecule has 1 spiro atoms. The molecule has 0 radical (unpaired) electrons. The Morgan fingerprint density at radius 2 is 1.89 bits per heavy atom. The Hall–Kier alpha value is -1.35. The lowest BCUT2D eigenvalue weighted by atomic mass is 9.68. The van der Waals surface area contributed by atoms with Crippen LogP contribution >= 0.6 is 0 Å². The molecule has 2 aliphatic heterocycles. The van der Waals surface area contributed by atoms with Crippen molar-refractivity contribution in [3.63, 3.8) is 0 Å². The lowest BCUT2D eigenvalue weighted by molar-refractivity contribution is -0.136. The fourth-order valence-electron chi connectivity index (χ4n) is 3.61. The zero-order chi connectivity index (χ0) is 12.6. The molecule has 2 fully saturated rings. The first-order chi connectivity index (χ1) is 8.74. The maximum atomic E-state index is 12.6. The van der Waals surface area contributed by atoms with Crippen LogP contribution in [0.5, 0.6) is 0 Å². The predicted octanol–water partition coefficient (Wildman–Crippen LogP) is 1.61. The Labute approximate surface area is 108 Å². The Morgan fingerprint density at radius 3 is 2.56 bits per heavy atom. The standard InChI is InChI=1S/C15H20N2O/c1-17-11-13(12-5-3-2-4-6-12)15(14(17)18)7-9-16-10-8-15/h2-6,13,16H,7-11H2,1H3/t13-/m0/s1. The van der Waals surface area contributed by atoms with E-state index in [-0.39, 0.29) is 5.41 Å². The molecule has 2 heterocycles. The number of rotatable bonds is 1. The lowest BCUT2D eigenvalue weighted by Gasteiger charge is -2.36. The van der Waals surface area contributed by atoms with Crippen molar-refractivity contribution < 1.29 is 4.79 Å². The number of nitrogens with zero attached hydrogens (tertiary/aromatic N) is 1. The van der Waals surface area contributed by atoms with Gasteiger partial charge in [-0.05, 0) is 31.5 Å². The number of piperidine rings is 1. The van der Waals surface area contributed by atoms with E-state index < -0.39 is 0 Å². The number of hydrogen-bond acceptors (Lipinski definition) is 2. The Morgan fingerprint density at radius 1 is 1.22 bits per heavy atom. The molecule has 96 valence electrons. The molecule has 0 unspecified atom stereocenters. The highest BCUT2D eigenvalue weighted by Crippen LogP contribution is 2.49. The van der Waals surface area contributed by atoms with Crippen molar-refractivity contribution in [1.29, 1.82) is 0 Å². The van der Waals surface area contributed by atoms with Crippen LogP contribution in [0.2, 0.25) is 0 Å². The summed E-state index contributed by atoms with van der Waals surface area (Å²) in [4.78, 5) is 14.5. The van der Waals surface area contributed by atoms with E-state index in [1.807, 2.05) is 18.0 Å². The summed E-state index contributed by atoms with van der Waals surface area (Å²) in [5.41, 5.74) is 1.17. The van der Waals surface area contributed by atoms with E-state index in [1.165, 1.54) is 5.56 Å². The quantitative estimate of drug-likeness (QED) is 0.814. The highest BCUT2D eigenvalue weighted by molar-refractivity contribution is 5.86. The molecule has 18 heavy (non-hydrogen) atoms. The van der Waals surface area contributed by atoms with Crippen molar-refractivity contribution in [3.8, 4) is 0 Å². The van der Waals surface area contributed by atoms with Gasteiger partial charge in [0, 0.05) is 19.5 Å². The Bertz CT molecular complexity index is 437. The van der Waals surface area contributed by atoms with Gasteiger partial charge in [0.15, 0.2) is 0 Å². The van der Waals surface area contributed by atoms with Crippen LogP contribution in [0.25, 0.3) is 0 Å². The van der Waals surface area contributed by atoms with Crippen molar-refractivity contribution in [2.24, 2.45) is 5.41 Å². The maximum absolute atomic E-state index is 12.6. The van der Waals surface area contributed by atoms with Gasteiger partial charge < -0.3 is 10.2 Å². The molecule has 3 heteroatoms. The summed E-state index contributed by atoms with van der Waals surface area (Å²) in [6, 6.07) is 10.5. The zero-order valence-corrected chi connectivity index (χ0v) is 10.9. The van der Waals surface area contributed by atoms with Gasteiger partial charge in [-0.2, -0.15) is 0 Å². The molecule has 3 rings (SSSR count). The molecule has 2 aliphatic rings. The number of likely N-dealkylation sites (N-methyl/N-ethyl adjacent to an activating group) is 1. The number of carbonyl (C=O) groups is 1. The van der Waals surface area contributed by atoms with E-state index in [0.717, 1.165) is 32.5 Å². The van der Waals surface area contributed by atoms with Gasteiger partial charge in [0.05, 0.1) is 5.41 Å². The Balaban J connectivity index is 1.99. The fourth-order valence-corrected chi connectivity index (χ4v) is 3.61. The molecular formula is C15H20N2O. The third-order valence-corrected chi connectivity index (χ3v) is 4.59. The smallest absolute Gasteiger partial charge is 0.229 e. The van der Waals surface area contributed by atoms with Crippen LogP contribution in [-0.2, 0) is 4.79 Å². The minimum Gasteiger partial charge on any atom is -0.345 e. The first-order valence-electron chi connectivity index (χ1n) is 6.75. The number of carbonyl (C=O) groups excluding carboxylic acids is 1. The second-order valence-corrected chi connectivity index (χ2v) is 5.56. The molecule has 0 bridgehead atoms. The summed E-state index contributed by atoms with van der Waals surface area (Å²) in [6.07, 6.45) is 1.94. The monoisotopic (exact) mass is 244 g/mol. The van der Waals surface area contributed by atoms with Gasteiger partial charge >= 0.3 is 0 Å². The number of nitrogens with one attached hydrogen (secondary N) is 1. The molecule has 2 saturated heterocycles. The van der Waals surface area contributed by atoms with E-state index >= 15 is 0 Å². The molecule has 3 nitrogen and oxygen atoms in total. The number of likely N-dealkylation sites (tertiary alicyclic amines) is 1. The number of hydrogen-bond donors (Lipinski definition) is 1. The van der Waals surface area contributed by atoms with Crippen molar-refractivity contribution in [3.05, 3.63) is 35.9 Å². The molecule has 1 N–H and O–H groups in total. The van der Waals surface area contributed by atoms with Crippen LogP contribution in [0, 0.1) is 5.41 Å². The van der Waals surface area contributed by atoms with Crippen LogP contribution in [-0.4, -0.2) is 37.5 Å². The van der Waals surface area contributed by atoms with E-state index in [9.17, 15) is 4.79 Å². The molecule has 0 aliphatic carbocycles.